The molecule has 0 aliphatic heterocycles. The minimum Gasteiger partial charge on any atom is -0.503 e. The van der Waals surface area contributed by atoms with E-state index < -0.39 is 21.9 Å². The second-order valence-electron chi connectivity index (χ2n) is 4.31. The van der Waals surface area contributed by atoms with Gasteiger partial charge in [-0.05, 0) is 23.8 Å². The highest BCUT2D eigenvalue weighted by atomic mass is 35.5. The Kier molecular flexibility index (Phi) is 4.51. The fraction of sp³-hybridized carbons (Fsp3) is 0.0769. The Morgan fingerprint density at radius 1 is 1.30 bits per heavy atom. The molecule has 0 spiro atoms. The molecule has 3 N–H and O–H groups in total. The van der Waals surface area contributed by atoms with Gasteiger partial charge in [-0.3, -0.25) is 19.9 Å². The maximum atomic E-state index is 11.5. The van der Waals surface area contributed by atoms with Crippen molar-refractivity contribution in [1.82, 2.24) is 9.97 Å². The van der Waals surface area contributed by atoms with Crippen molar-refractivity contribution in [1.29, 1.82) is 0 Å². The number of benzene rings is 1. The molecule has 2 rings (SSSR count). The lowest BCUT2D eigenvalue weighted by Crippen LogP contribution is -2.25. The molecule has 23 heavy (non-hydrogen) atoms. The number of phenols is 1. The van der Waals surface area contributed by atoms with Gasteiger partial charge in [0.05, 0.1) is 17.1 Å². The summed E-state index contributed by atoms with van der Waals surface area (Å²) in [6, 6.07) is 2.81. The van der Waals surface area contributed by atoms with E-state index in [1.807, 2.05) is 0 Å². The number of aromatic amines is 2. The first-order valence-electron chi connectivity index (χ1n) is 6.09. The molecule has 1 heterocycles. The molecule has 0 unspecified atom stereocenters. The largest absolute Gasteiger partial charge is 0.503 e. The molecule has 0 amide bonds. The summed E-state index contributed by atoms with van der Waals surface area (Å²) >= 11 is 5.83. The normalized spacial score (nSPS) is 10.9. The number of ether oxygens (including phenoxy) is 1. The summed E-state index contributed by atoms with van der Waals surface area (Å²) < 4.78 is 4.93. The molecule has 0 saturated carbocycles. The van der Waals surface area contributed by atoms with Gasteiger partial charge in [0.15, 0.2) is 11.5 Å². The maximum Gasteiger partial charge on any atom is 0.357 e. The van der Waals surface area contributed by atoms with Crippen molar-refractivity contribution in [3.63, 3.8) is 0 Å². The standard InChI is InChI=1S/C13H10ClN3O6/c1-23-9-5-6(4-7(14)11(9)18)2-3-8-10(17(21)22)12(19)16-13(20)15-8/h2-5,18H,1H3,(H2,15,16,19,20). The molecule has 1 aromatic carbocycles. The third-order valence-electron chi connectivity index (χ3n) is 2.84. The molecule has 120 valence electrons. The number of aromatic nitrogens is 2. The predicted molar refractivity (Wildman–Crippen MR) is 82.9 cm³/mol. The average Bonchev–Trinajstić information content (AvgIpc) is 2.47. The van der Waals surface area contributed by atoms with Gasteiger partial charge in [-0.1, -0.05) is 17.7 Å². The van der Waals surface area contributed by atoms with E-state index in [1.54, 1.807) is 4.98 Å². The van der Waals surface area contributed by atoms with Crippen LogP contribution in [0.3, 0.4) is 0 Å². The topological polar surface area (TPSA) is 138 Å². The second-order valence-corrected chi connectivity index (χ2v) is 4.72. The Morgan fingerprint density at radius 3 is 2.61 bits per heavy atom. The molecule has 0 atom stereocenters. The van der Waals surface area contributed by atoms with Crippen LogP contribution in [0, 0.1) is 10.1 Å². The van der Waals surface area contributed by atoms with E-state index in [0.717, 1.165) is 0 Å². The van der Waals surface area contributed by atoms with Gasteiger partial charge in [-0.25, -0.2) is 4.79 Å². The molecule has 0 aliphatic rings. The number of rotatable bonds is 4. The van der Waals surface area contributed by atoms with Gasteiger partial charge < -0.3 is 14.8 Å². The number of nitrogens with one attached hydrogen (secondary N) is 2. The van der Waals surface area contributed by atoms with Crippen molar-refractivity contribution < 1.29 is 14.8 Å². The van der Waals surface area contributed by atoms with Crippen LogP contribution in [-0.4, -0.2) is 27.1 Å². The zero-order chi connectivity index (χ0) is 17.1. The van der Waals surface area contributed by atoms with Crippen molar-refractivity contribution in [3.8, 4) is 11.5 Å². The Balaban J connectivity index is 2.53. The molecule has 10 heteroatoms. The monoisotopic (exact) mass is 339 g/mol. The van der Waals surface area contributed by atoms with Crippen molar-refractivity contribution in [2.45, 2.75) is 0 Å². The van der Waals surface area contributed by atoms with Gasteiger partial charge in [-0.2, -0.15) is 0 Å². The summed E-state index contributed by atoms with van der Waals surface area (Å²) in [7, 11) is 1.33. The van der Waals surface area contributed by atoms with Crippen LogP contribution in [0.5, 0.6) is 11.5 Å². The number of H-pyrrole nitrogens is 2. The summed E-state index contributed by atoms with van der Waals surface area (Å²) in [5, 5.41) is 20.6. The first-order valence-corrected chi connectivity index (χ1v) is 6.47. The molecule has 1 aromatic heterocycles. The van der Waals surface area contributed by atoms with Gasteiger partial charge in [0.25, 0.3) is 0 Å². The maximum absolute atomic E-state index is 11.5. The average molecular weight is 340 g/mol. The van der Waals surface area contributed by atoms with E-state index in [2.05, 4.69) is 4.98 Å². The molecule has 0 radical (unpaired) electrons. The second kappa shape index (κ2) is 6.36. The lowest BCUT2D eigenvalue weighted by Gasteiger charge is -2.06. The summed E-state index contributed by atoms with van der Waals surface area (Å²) in [5.74, 6) is -0.145. The van der Waals surface area contributed by atoms with Gasteiger partial charge in [-0.15, -0.1) is 0 Å². The van der Waals surface area contributed by atoms with Crippen LogP contribution in [0.4, 0.5) is 5.69 Å². The third-order valence-corrected chi connectivity index (χ3v) is 3.13. The molecule has 2 aromatic rings. The zero-order valence-corrected chi connectivity index (χ0v) is 12.4. The quantitative estimate of drug-likeness (QED) is 0.570. The molecule has 0 bridgehead atoms. The number of aromatic hydroxyl groups is 1. The van der Waals surface area contributed by atoms with Crippen LogP contribution >= 0.6 is 11.6 Å². The van der Waals surface area contributed by atoms with E-state index in [-0.39, 0.29) is 22.2 Å². The highest BCUT2D eigenvalue weighted by molar-refractivity contribution is 6.32. The van der Waals surface area contributed by atoms with Crippen LogP contribution in [0.25, 0.3) is 12.2 Å². The van der Waals surface area contributed by atoms with Crippen molar-refractivity contribution in [3.05, 3.63) is 59.4 Å². The summed E-state index contributed by atoms with van der Waals surface area (Å²) in [6.45, 7) is 0. The highest BCUT2D eigenvalue weighted by Gasteiger charge is 2.18. The summed E-state index contributed by atoms with van der Waals surface area (Å²) in [4.78, 5) is 36.7. The number of hydrogen-bond acceptors (Lipinski definition) is 6. The van der Waals surface area contributed by atoms with E-state index in [4.69, 9.17) is 16.3 Å². The Bertz CT molecular complexity index is 915. The first kappa shape index (κ1) is 16.3. The van der Waals surface area contributed by atoms with Crippen LogP contribution < -0.4 is 16.0 Å². The third kappa shape index (κ3) is 3.40. The van der Waals surface area contributed by atoms with E-state index in [0.29, 0.717) is 5.56 Å². The SMILES string of the molecule is COc1cc(C=Cc2[nH]c(=O)[nH]c(=O)c2[N+](=O)[O-])cc(Cl)c1O. The number of methoxy groups -OCH3 is 1. The summed E-state index contributed by atoms with van der Waals surface area (Å²) in [5.41, 5.74) is -2.62. The van der Waals surface area contributed by atoms with Crippen molar-refractivity contribution in [2.24, 2.45) is 0 Å². The predicted octanol–water partition coefficient (Wildman–Crippen LogP) is 1.51. The number of nitrogens with zero attached hydrogens (tertiary/aromatic N) is 1. The number of phenolic OH excluding ortho intramolecular Hbond substituents is 1. The molecule has 0 saturated heterocycles. The van der Waals surface area contributed by atoms with Gasteiger partial charge >= 0.3 is 16.9 Å². The minimum atomic E-state index is -1.11. The van der Waals surface area contributed by atoms with Crippen molar-refractivity contribution >= 4 is 29.4 Å². The Morgan fingerprint density at radius 2 is 2.00 bits per heavy atom. The smallest absolute Gasteiger partial charge is 0.357 e. The summed E-state index contributed by atoms with van der Waals surface area (Å²) in [6.07, 6.45) is 2.54. The van der Waals surface area contributed by atoms with Crippen LogP contribution in [0.2, 0.25) is 5.02 Å². The lowest BCUT2D eigenvalue weighted by molar-refractivity contribution is -0.386. The van der Waals surface area contributed by atoms with Gasteiger partial charge in [0.1, 0.15) is 5.69 Å². The van der Waals surface area contributed by atoms with Crippen LogP contribution in [0.15, 0.2) is 21.7 Å². The number of hydrogen-bond donors (Lipinski definition) is 3. The molecular weight excluding hydrogens is 330 g/mol. The fourth-order valence-electron chi connectivity index (χ4n) is 1.82. The Labute approximate surface area is 133 Å². The lowest BCUT2D eigenvalue weighted by atomic mass is 10.1. The molecule has 9 nitrogen and oxygen atoms in total. The van der Waals surface area contributed by atoms with Crippen molar-refractivity contribution in [2.75, 3.05) is 7.11 Å². The van der Waals surface area contributed by atoms with Crippen LogP contribution in [0.1, 0.15) is 11.3 Å². The Hall–Kier alpha value is -3.07. The van der Waals surface area contributed by atoms with Crippen LogP contribution in [-0.2, 0) is 0 Å². The number of nitro groups is 1. The van der Waals surface area contributed by atoms with E-state index in [9.17, 15) is 24.8 Å². The van der Waals surface area contributed by atoms with E-state index in [1.165, 1.54) is 31.4 Å². The zero-order valence-electron chi connectivity index (χ0n) is 11.6. The molecular formula is C13H10ClN3O6. The fourth-order valence-corrected chi connectivity index (χ4v) is 2.04. The van der Waals surface area contributed by atoms with Gasteiger partial charge in [0.2, 0.25) is 0 Å². The first-order chi connectivity index (χ1) is 10.8. The number of halogens is 1. The highest BCUT2D eigenvalue weighted by Crippen LogP contribution is 2.35. The van der Waals surface area contributed by atoms with Gasteiger partial charge in [0, 0.05) is 0 Å². The van der Waals surface area contributed by atoms with E-state index >= 15 is 0 Å². The molecule has 0 aliphatic carbocycles. The minimum absolute atomic E-state index is 0.0119. The molecule has 0 fully saturated rings.